The van der Waals surface area contributed by atoms with Gasteiger partial charge in [-0.2, -0.15) is 18.2 Å². The largest absolute Gasteiger partial charge is 0.462 e. The van der Waals surface area contributed by atoms with Crippen LogP contribution in [0.2, 0.25) is 0 Å². The smallest absolute Gasteiger partial charge is 0.453 e. The summed E-state index contributed by atoms with van der Waals surface area (Å²) in [5.41, 5.74) is 0.548. The van der Waals surface area contributed by atoms with Crippen LogP contribution in [0, 0.1) is 0 Å². The number of nitrogens with zero attached hydrogens (tertiary/aromatic N) is 3. The summed E-state index contributed by atoms with van der Waals surface area (Å²) in [6.45, 7) is 1.87. The fourth-order valence-electron chi connectivity index (χ4n) is 2.52. The highest BCUT2D eigenvalue weighted by atomic mass is 19.4. The first kappa shape index (κ1) is 19.3. The number of benzene rings is 1. The number of ether oxygens (including phenoxy) is 1. The molecular weight excluding hydrogens is 383 g/mol. The molecular formula is C16H14F3N5O4. The van der Waals surface area contributed by atoms with Crippen molar-refractivity contribution in [3.63, 3.8) is 0 Å². The summed E-state index contributed by atoms with van der Waals surface area (Å²) in [5.74, 6) is -3.86. The molecule has 2 aromatic rings. The maximum Gasteiger partial charge on any atom is 0.453 e. The third kappa shape index (κ3) is 3.94. The second-order valence-corrected chi connectivity index (χ2v) is 5.76. The van der Waals surface area contributed by atoms with Crippen molar-refractivity contribution in [2.75, 3.05) is 17.2 Å². The van der Waals surface area contributed by atoms with Crippen molar-refractivity contribution in [2.24, 2.45) is 0 Å². The zero-order valence-corrected chi connectivity index (χ0v) is 14.4. The van der Waals surface area contributed by atoms with Gasteiger partial charge in [-0.1, -0.05) is 0 Å². The number of nitrogens with one attached hydrogen (secondary N) is 2. The molecule has 0 fully saturated rings. The zero-order chi connectivity index (χ0) is 20.5. The van der Waals surface area contributed by atoms with Crippen LogP contribution in [0.25, 0.3) is 0 Å². The van der Waals surface area contributed by atoms with Gasteiger partial charge in [-0.15, -0.1) is 5.10 Å². The predicted octanol–water partition coefficient (Wildman–Crippen LogP) is 2.00. The molecule has 12 heteroatoms. The lowest BCUT2D eigenvalue weighted by Gasteiger charge is -2.22. The maximum absolute atomic E-state index is 12.8. The number of fused-ring (bicyclic) bond motifs is 1. The highest BCUT2D eigenvalue weighted by molar-refractivity contribution is 6.01. The minimum Gasteiger partial charge on any atom is -0.462 e. The molecule has 1 aliphatic heterocycles. The summed E-state index contributed by atoms with van der Waals surface area (Å²) in [4.78, 5) is 39.1. The summed E-state index contributed by atoms with van der Waals surface area (Å²) in [6, 6.07) is 4.39. The Morgan fingerprint density at radius 3 is 2.61 bits per heavy atom. The fraction of sp³-hybridized carbons (Fsp3) is 0.312. The van der Waals surface area contributed by atoms with E-state index in [2.05, 4.69) is 20.7 Å². The summed E-state index contributed by atoms with van der Waals surface area (Å²) in [7, 11) is 0. The highest BCUT2D eigenvalue weighted by Gasteiger charge is 2.41. The van der Waals surface area contributed by atoms with Gasteiger partial charge >= 0.3 is 12.1 Å². The lowest BCUT2D eigenvalue weighted by atomic mass is 10.1. The first-order valence-electron chi connectivity index (χ1n) is 8.10. The molecule has 0 radical (unpaired) electrons. The normalized spacial score (nSPS) is 16.1. The van der Waals surface area contributed by atoms with Crippen LogP contribution in [-0.2, 0) is 20.5 Å². The Bertz CT molecular complexity index is 923. The van der Waals surface area contributed by atoms with E-state index >= 15 is 0 Å². The minimum atomic E-state index is -4.82. The van der Waals surface area contributed by atoms with Gasteiger partial charge in [-0.3, -0.25) is 14.9 Å². The summed E-state index contributed by atoms with van der Waals surface area (Å²) < 4.78 is 44.0. The summed E-state index contributed by atoms with van der Waals surface area (Å²) >= 11 is 0. The van der Waals surface area contributed by atoms with E-state index < -0.39 is 48.2 Å². The molecule has 0 bridgehead atoms. The minimum absolute atomic E-state index is 0.210. The molecule has 148 valence electrons. The molecule has 0 saturated heterocycles. The monoisotopic (exact) mass is 397 g/mol. The molecule has 2 heterocycles. The second kappa shape index (κ2) is 7.29. The molecule has 1 aliphatic rings. The van der Waals surface area contributed by atoms with Gasteiger partial charge in [0.2, 0.25) is 17.8 Å². The standard InChI is InChI=1S/C16H14F3N5O4/c1-2-28-13(27)8-3-5-9(6-4-8)20-12(26)10-7-11(25)21-15-22-14(16(17,18)19)23-24(10)15/h3-6,10H,2,7H2,1H3,(H,20,26)(H,21,22,23,25). The van der Waals surface area contributed by atoms with E-state index in [4.69, 9.17) is 4.74 Å². The SMILES string of the molecule is CCOC(=O)c1ccc(NC(=O)C2CC(=O)Nc3nc(C(F)(F)F)nn32)cc1. The van der Waals surface area contributed by atoms with Crippen LogP contribution in [0.5, 0.6) is 0 Å². The van der Waals surface area contributed by atoms with Crippen molar-refractivity contribution in [1.82, 2.24) is 14.8 Å². The Kier molecular flexibility index (Phi) is 5.03. The lowest BCUT2D eigenvalue weighted by molar-refractivity contribution is -0.145. The molecule has 0 spiro atoms. The van der Waals surface area contributed by atoms with E-state index in [-0.39, 0.29) is 17.9 Å². The highest BCUT2D eigenvalue weighted by Crippen LogP contribution is 2.31. The van der Waals surface area contributed by atoms with E-state index in [9.17, 15) is 27.6 Å². The number of aromatic nitrogens is 3. The first-order chi connectivity index (χ1) is 13.2. The van der Waals surface area contributed by atoms with Crippen LogP contribution in [0.15, 0.2) is 24.3 Å². The van der Waals surface area contributed by atoms with Crippen molar-refractivity contribution >= 4 is 29.4 Å². The van der Waals surface area contributed by atoms with Gasteiger partial charge in [0.25, 0.3) is 5.82 Å². The number of rotatable bonds is 4. The number of anilines is 2. The molecule has 0 aliphatic carbocycles. The predicted molar refractivity (Wildman–Crippen MR) is 88.3 cm³/mol. The molecule has 1 aromatic carbocycles. The molecule has 1 unspecified atom stereocenters. The number of halogens is 3. The van der Waals surface area contributed by atoms with Crippen LogP contribution in [0.3, 0.4) is 0 Å². The lowest BCUT2D eigenvalue weighted by Crippen LogP contribution is -2.36. The third-order valence-corrected chi connectivity index (χ3v) is 3.78. The van der Waals surface area contributed by atoms with Gasteiger partial charge in [0.05, 0.1) is 18.6 Å². The van der Waals surface area contributed by atoms with Crippen LogP contribution in [-0.4, -0.2) is 39.2 Å². The Balaban J connectivity index is 1.79. The molecule has 3 rings (SSSR count). The Hall–Kier alpha value is -3.44. The van der Waals surface area contributed by atoms with Crippen LogP contribution < -0.4 is 10.6 Å². The third-order valence-electron chi connectivity index (χ3n) is 3.78. The van der Waals surface area contributed by atoms with Crippen LogP contribution in [0.1, 0.15) is 35.6 Å². The van der Waals surface area contributed by atoms with E-state index in [1.807, 2.05) is 0 Å². The summed E-state index contributed by atoms with van der Waals surface area (Å²) in [6.07, 6.45) is -5.22. The van der Waals surface area contributed by atoms with Crippen molar-refractivity contribution in [2.45, 2.75) is 25.6 Å². The number of hydrogen-bond acceptors (Lipinski definition) is 6. The van der Waals surface area contributed by atoms with Gasteiger partial charge in [0, 0.05) is 5.69 Å². The first-order valence-corrected chi connectivity index (χ1v) is 8.10. The van der Waals surface area contributed by atoms with Gasteiger partial charge in [-0.05, 0) is 31.2 Å². The Morgan fingerprint density at radius 1 is 1.32 bits per heavy atom. The topological polar surface area (TPSA) is 115 Å². The van der Waals surface area contributed by atoms with E-state index in [0.29, 0.717) is 0 Å². The number of esters is 1. The number of hydrogen-bond donors (Lipinski definition) is 2. The Labute approximate surface area is 155 Å². The van der Waals surface area contributed by atoms with Crippen LogP contribution >= 0.6 is 0 Å². The summed E-state index contributed by atoms with van der Waals surface area (Å²) in [5, 5.41) is 7.93. The molecule has 0 saturated carbocycles. The number of carbonyl (C=O) groups excluding carboxylic acids is 3. The van der Waals surface area contributed by atoms with E-state index in [1.165, 1.54) is 24.3 Å². The Morgan fingerprint density at radius 2 is 2.00 bits per heavy atom. The fourth-order valence-corrected chi connectivity index (χ4v) is 2.52. The van der Waals surface area contributed by atoms with Gasteiger partial charge in [-0.25, -0.2) is 9.48 Å². The molecule has 28 heavy (non-hydrogen) atoms. The van der Waals surface area contributed by atoms with Crippen LogP contribution in [0.4, 0.5) is 24.8 Å². The zero-order valence-electron chi connectivity index (χ0n) is 14.4. The van der Waals surface area contributed by atoms with E-state index in [1.54, 1.807) is 6.92 Å². The van der Waals surface area contributed by atoms with E-state index in [0.717, 1.165) is 4.68 Å². The average Bonchev–Trinajstić information content (AvgIpc) is 3.06. The van der Waals surface area contributed by atoms with Crippen molar-refractivity contribution in [3.05, 3.63) is 35.7 Å². The van der Waals surface area contributed by atoms with Crippen molar-refractivity contribution < 1.29 is 32.3 Å². The van der Waals surface area contributed by atoms with Gasteiger partial charge in [0.1, 0.15) is 6.04 Å². The molecule has 1 aromatic heterocycles. The molecule has 9 nitrogen and oxygen atoms in total. The second-order valence-electron chi connectivity index (χ2n) is 5.76. The number of amides is 2. The van der Waals surface area contributed by atoms with Crippen molar-refractivity contribution in [1.29, 1.82) is 0 Å². The van der Waals surface area contributed by atoms with Gasteiger partial charge in [0.15, 0.2) is 0 Å². The molecule has 2 N–H and O–H groups in total. The number of carbonyl (C=O) groups is 3. The van der Waals surface area contributed by atoms with Crippen molar-refractivity contribution in [3.8, 4) is 0 Å². The van der Waals surface area contributed by atoms with Gasteiger partial charge < -0.3 is 10.1 Å². The quantitative estimate of drug-likeness (QED) is 0.763. The molecule has 1 atom stereocenters. The number of alkyl halides is 3. The maximum atomic E-state index is 12.8. The molecule has 2 amide bonds. The average molecular weight is 397 g/mol.